The third-order valence-electron chi connectivity index (χ3n) is 11.1. The van der Waals surface area contributed by atoms with E-state index in [2.05, 4.69) is 188 Å². The van der Waals surface area contributed by atoms with E-state index in [0.717, 1.165) is 6.42 Å². The van der Waals surface area contributed by atoms with E-state index in [1.54, 1.807) is 0 Å². The Morgan fingerprint density at radius 3 is 2.04 bits per heavy atom. The molecular weight excluding hydrogens is 601 g/mol. The minimum atomic E-state index is -0.0975. The molecule has 0 aromatic heterocycles. The minimum absolute atomic E-state index is 0.0975. The van der Waals surface area contributed by atoms with E-state index in [9.17, 15) is 0 Å². The molecule has 6 aromatic carbocycles. The van der Waals surface area contributed by atoms with Gasteiger partial charge in [0.25, 0.3) is 0 Å². The van der Waals surface area contributed by atoms with Crippen LogP contribution in [0.15, 0.2) is 145 Å². The minimum Gasteiger partial charge on any atom is -0.355 e. The summed E-state index contributed by atoms with van der Waals surface area (Å²) in [5, 5.41) is 4.03. The molecule has 0 aliphatic heterocycles. The molecule has 50 heavy (non-hydrogen) atoms. The highest BCUT2D eigenvalue weighted by molar-refractivity contribution is 6.70. The molecule has 1 nitrogen and oxygen atoms in total. The van der Waals surface area contributed by atoms with Gasteiger partial charge in [-0.2, -0.15) is 0 Å². The van der Waals surface area contributed by atoms with Crippen molar-refractivity contribution in [2.24, 2.45) is 0 Å². The highest BCUT2D eigenvalue weighted by Gasteiger charge is 2.38. The topological polar surface area (TPSA) is 12.0 Å². The largest absolute Gasteiger partial charge is 0.355 e. The monoisotopic (exact) mass is 644 g/mol. The number of fused-ring (bicyclic) bond motifs is 3. The van der Waals surface area contributed by atoms with Crippen molar-refractivity contribution in [2.75, 3.05) is 5.32 Å². The zero-order valence-corrected chi connectivity index (χ0v) is 30.0. The van der Waals surface area contributed by atoms with Gasteiger partial charge in [-0.25, -0.2) is 0 Å². The van der Waals surface area contributed by atoms with Crippen LogP contribution in [0.1, 0.15) is 55.0 Å². The summed E-state index contributed by atoms with van der Waals surface area (Å²) in [5.74, 6) is 0. The Hall–Kier alpha value is -5.34. The zero-order valence-electron chi connectivity index (χ0n) is 30.0. The Morgan fingerprint density at radius 2 is 1.28 bits per heavy atom. The van der Waals surface area contributed by atoms with E-state index >= 15 is 0 Å². The molecule has 0 heterocycles. The second-order valence-corrected chi connectivity index (χ2v) is 14.5. The number of aryl methyl sites for hydroxylation is 2. The molecule has 1 radical (unpaired) electrons. The average Bonchev–Trinajstić information content (AvgIpc) is 3.64. The van der Waals surface area contributed by atoms with Crippen LogP contribution in [0.3, 0.4) is 0 Å². The highest BCUT2D eigenvalue weighted by Crippen LogP contribution is 2.54. The average molecular weight is 645 g/mol. The quantitative estimate of drug-likeness (QED) is 0.171. The number of hydrogen-bond acceptors (Lipinski definition) is 1. The first kappa shape index (κ1) is 31.9. The summed E-state index contributed by atoms with van der Waals surface area (Å²) in [6.45, 7) is 13.7. The van der Waals surface area contributed by atoms with Gasteiger partial charge in [0.1, 0.15) is 0 Å². The SMILES string of the molecule is CC1=CCC=C1Nc1c(-c2cc(-c3ccccc3)cc(C)c2[B]c2cccc(-c3ccccc3C)c2C)ccc2c1-c1ccccc1C2(C)C. The predicted molar refractivity (Wildman–Crippen MR) is 216 cm³/mol. The molecular formula is C48H43BN. The Balaban J connectivity index is 1.38. The summed E-state index contributed by atoms with van der Waals surface area (Å²) in [4.78, 5) is 0. The van der Waals surface area contributed by atoms with Gasteiger partial charge in [-0.3, -0.25) is 0 Å². The van der Waals surface area contributed by atoms with E-state index in [1.165, 1.54) is 100 Å². The van der Waals surface area contributed by atoms with Crippen LogP contribution in [0.2, 0.25) is 0 Å². The van der Waals surface area contributed by atoms with Crippen molar-refractivity contribution in [1.29, 1.82) is 0 Å². The fourth-order valence-corrected chi connectivity index (χ4v) is 8.20. The molecule has 0 saturated carbocycles. The molecule has 0 amide bonds. The standard InChI is InChI=1S/C48H43BN/c1-30-16-10-11-20-36(30)37-22-15-24-43(33(37)4)49-46-32(3)28-35(34-18-8-7-9-19-34)29-40(46)38-26-27-42-45(47(38)50-44-25-14-17-31(44)2)39-21-12-13-23-41(39)48(42,5)6/h7-13,15-29,50H,14H2,1-6H3. The maximum Gasteiger partial charge on any atom is 0.192 e. The lowest BCUT2D eigenvalue weighted by Crippen LogP contribution is -2.33. The van der Waals surface area contributed by atoms with Gasteiger partial charge in [0, 0.05) is 22.2 Å². The number of nitrogens with one attached hydrogen (secondary N) is 1. The lowest BCUT2D eigenvalue weighted by atomic mass is 9.58. The third kappa shape index (κ3) is 5.35. The molecule has 2 heteroatoms. The number of benzene rings is 6. The normalized spacial score (nSPS) is 14.1. The van der Waals surface area contributed by atoms with E-state index in [-0.39, 0.29) is 5.41 Å². The van der Waals surface area contributed by atoms with Crippen LogP contribution in [0.4, 0.5) is 5.69 Å². The number of allylic oxidation sites excluding steroid dienone is 3. The van der Waals surface area contributed by atoms with Crippen molar-refractivity contribution in [1.82, 2.24) is 0 Å². The molecule has 243 valence electrons. The van der Waals surface area contributed by atoms with Crippen molar-refractivity contribution < 1.29 is 0 Å². The number of hydrogen-bond donors (Lipinski definition) is 1. The second kappa shape index (κ2) is 12.5. The first-order valence-corrected chi connectivity index (χ1v) is 17.8. The molecule has 0 atom stereocenters. The predicted octanol–water partition coefficient (Wildman–Crippen LogP) is 11.2. The van der Waals surface area contributed by atoms with Crippen molar-refractivity contribution in [2.45, 2.75) is 53.4 Å². The molecule has 0 bridgehead atoms. The second-order valence-electron chi connectivity index (χ2n) is 14.5. The van der Waals surface area contributed by atoms with Gasteiger partial charge >= 0.3 is 0 Å². The number of anilines is 1. The van der Waals surface area contributed by atoms with Crippen LogP contribution in [-0.2, 0) is 5.41 Å². The third-order valence-corrected chi connectivity index (χ3v) is 11.1. The fourth-order valence-electron chi connectivity index (χ4n) is 8.20. The molecule has 0 unspecified atom stereocenters. The van der Waals surface area contributed by atoms with Gasteiger partial charge < -0.3 is 5.32 Å². The Kier molecular flexibility index (Phi) is 7.99. The van der Waals surface area contributed by atoms with Crippen molar-refractivity contribution in [3.05, 3.63) is 173 Å². The molecule has 6 aromatic rings. The summed E-state index contributed by atoms with van der Waals surface area (Å²) >= 11 is 0. The maximum absolute atomic E-state index is 4.03. The van der Waals surface area contributed by atoms with Gasteiger partial charge in [-0.1, -0.05) is 158 Å². The molecule has 8 rings (SSSR count). The first-order chi connectivity index (χ1) is 24.2. The Bertz CT molecular complexity index is 2360. The van der Waals surface area contributed by atoms with Crippen LogP contribution in [0.5, 0.6) is 0 Å². The summed E-state index contributed by atoms with van der Waals surface area (Å²) in [5.41, 5.74) is 22.8. The van der Waals surface area contributed by atoms with Gasteiger partial charge in [0.15, 0.2) is 7.28 Å². The lowest BCUT2D eigenvalue weighted by molar-refractivity contribution is 0.660. The van der Waals surface area contributed by atoms with Crippen LogP contribution in [0, 0.1) is 20.8 Å². The van der Waals surface area contributed by atoms with Crippen LogP contribution in [0.25, 0.3) is 44.5 Å². The van der Waals surface area contributed by atoms with E-state index in [1.807, 2.05) is 0 Å². The lowest BCUT2D eigenvalue weighted by Gasteiger charge is -2.25. The maximum atomic E-state index is 4.03. The molecule has 2 aliphatic rings. The summed E-state index contributed by atoms with van der Waals surface area (Å²) in [6, 6.07) is 44.7. The zero-order chi connectivity index (χ0) is 34.6. The van der Waals surface area contributed by atoms with Crippen LogP contribution >= 0.6 is 0 Å². The van der Waals surface area contributed by atoms with Crippen LogP contribution in [-0.4, -0.2) is 7.28 Å². The highest BCUT2D eigenvalue weighted by atomic mass is 14.9. The van der Waals surface area contributed by atoms with Gasteiger partial charge in [0.2, 0.25) is 0 Å². The molecule has 1 N–H and O–H groups in total. The smallest absolute Gasteiger partial charge is 0.192 e. The molecule has 0 saturated heterocycles. The van der Waals surface area contributed by atoms with E-state index < -0.39 is 0 Å². The van der Waals surface area contributed by atoms with Crippen LogP contribution < -0.4 is 16.2 Å². The van der Waals surface area contributed by atoms with Crippen molar-refractivity contribution in [3.63, 3.8) is 0 Å². The molecule has 2 aliphatic carbocycles. The summed E-state index contributed by atoms with van der Waals surface area (Å²) in [6.07, 6.45) is 5.59. The first-order valence-electron chi connectivity index (χ1n) is 17.8. The van der Waals surface area contributed by atoms with Gasteiger partial charge in [-0.15, -0.1) is 0 Å². The van der Waals surface area contributed by atoms with Crippen molar-refractivity contribution >= 4 is 23.9 Å². The summed E-state index contributed by atoms with van der Waals surface area (Å²) < 4.78 is 0. The fraction of sp³-hybridized carbons (Fsp3) is 0.167. The molecule has 0 spiro atoms. The molecule has 0 fully saturated rings. The van der Waals surface area contributed by atoms with E-state index in [0.29, 0.717) is 0 Å². The van der Waals surface area contributed by atoms with Crippen molar-refractivity contribution in [3.8, 4) is 44.5 Å². The van der Waals surface area contributed by atoms with Gasteiger partial charge in [0.05, 0.1) is 5.69 Å². The number of rotatable bonds is 7. The summed E-state index contributed by atoms with van der Waals surface area (Å²) in [7, 11) is 2.42. The Morgan fingerprint density at radius 1 is 0.560 bits per heavy atom. The van der Waals surface area contributed by atoms with Gasteiger partial charge in [-0.05, 0) is 101 Å². The van der Waals surface area contributed by atoms with E-state index in [4.69, 9.17) is 0 Å². The Labute approximate surface area is 298 Å².